The van der Waals surface area contributed by atoms with Gasteiger partial charge in [0.25, 0.3) is 0 Å². The maximum absolute atomic E-state index is 6.23. The van der Waals surface area contributed by atoms with E-state index in [1.165, 1.54) is 19.8 Å². The van der Waals surface area contributed by atoms with Gasteiger partial charge in [-0.2, -0.15) is 0 Å². The number of aromatic nitrogens is 1. The smallest absolute Gasteiger partial charge is 0.0731 e. The molecule has 1 unspecified atom stereocenters. The molecule has 2 aromatic rings. The molecule has 2 nitrogen and oxygen atoms in total. The van der Waals surface area contributed by atoms with E-state index in [2.05, 4.69) is 53.0 Å². The maximum Gasteiger partial charge on any atom is 0.0731 e. The predicted octanol–water partition coefficient (Wildman–Crippen LogP) is 4.02. The highest BCUT2D eigenvalue weighted by atomic mass is 79.9. The van der Waals surface area contributed by atoms with Gasteiger partial charge in [0.05, 0.1) is 3.79 Å². The van der Waals surface area contributed by atoms with Gasteiger partial charge in [0, 0.05) is 29.2 Å². The van der Waals surface area contributed by atoms with Crippen molar-refractivity contribution in [2.24, 2.45) is 5.73 Å². The van der Waals surface area contributed by atoms with Crippen molar-refractivity contribution in [2.75, 3.05) is 0 Å². The van der Waals surface area contributed by atoms with E-state index in [-0.39, 0.29) is 6.04 Å². The number of nitrogens with two attached hydrogens (primary N) is 1. The summed E-state index contributed by atoms with van der Waals surface area (Å²) in [5.41, 5.74) is 9.80. The highest BCUT2D eigenvalue weighted by Gasteiger charge is 2.12. The molecule has 96 valence electrons. The highest BCUT2D eigenvalue weighted by Crippen LogP contribution is 2.31. The Kier molecular flexibility index (Phi) is 4.54. The molecule has 2 aromatic heterocycles. The molecule has 0 bridgehead atoms. The minimum absolute atomic E-state index is 0.0278. The molecule has 2 heterocycles. The van der Waals surface area contributed by atoms with E-state index in [1.807, 2.05) is 6.20 Å². The first-order valence-corrected chi connectivity index (χ1v) is 7.66. The monoisotopic (exact) mass is 324 g/mol. The van der Waals surface area contributed by atoms with Crippen molar-refractivity contribution < 1.29 is 0 Å². The minimum atomic E-state index is 0.0278. The largest absolute Gasteiger partial charge is 0.323 e. The highest BCUT2D eigenvalue weighted by molar-refractivity contribution is 9.11. The van der Waals surface area contributed by atoms with Crippen molar-refractivity contribution in [3.05, 3.63) is 49.9 Å². The standard InChI is InChI=1S/C14H17BrN2S/c1-3-10-4-5-11(17-8-10)7-12(16)13-6-9(2)14(15)18-13/h4-6,8,12H,3,7,16H2,1-2H3. The maximum atomic E-state index is 6.23. The first-order valence-electron chi connectivity index (χ1n) is 6.05. The number of halogens is 1. The van der Waals surface area contributed by atoms with Crippen LogP contribution < -0.4 is 5.73 Å². The Balaban J connectivity index is 2.08. The second kappa shape index (κ2) is 5.95. The number of aryl methyl sites for hydroxylation is 2. The summed E-state index contributed by atoms with van der Waals surface area (Å²) < 4.78 is 1.17. The van der Waals surface area contributed by atoms with Gasteiger partial charge in [-0.15, -0.1) is 11.3 Å². The van der Waals surface area contributed by atoms with Crippen LogP contribution in [-0.2, 0) is 12.8 Å². The van der Waals surface area contributed by atoms with Crippen molar-refractivity contribution in [3.8, 4) is 0 Å². The van der Waals surface area contributed by atoms with Crippen LogP contribution >= 0.6 is 27.3 Å². The molecule has 0 aromatic carbocycles. The second-order valence-corrected chi connectivity index (χ2v) is 6.83. The molecule has 0 fully saturated rings. The lowest BCUT2D eigenvalue weighted by molar-refractivity contribution is 0.718. The van der Waals surface area contributed by atoms with Crippen LogP contribution in [0.25, 0.3) is 0 Å². The van der Waals surface area contributed by atoms with Gasteiger partial charge in [0.1, 0.15) is 0 Å². The lowest BCUT2D eigenvalue weighted by Crippen LogP contribution is -2.12. The van der Waals surface area contributed by atoms with E-state index in [9.17, 15) is 0 Å². The van der Waals surface area contributed by atoms with Crippen molar-refractivity contribution in [3.63, 3.8) is 0 Å². The number of nitrogens with zero attached hydrogens (tertiary/aromatic N) is 1. The molecule has 2 rings (SSSR count). The lowest BCUT2D eigenvalue weighted by Gasteiger charge is -2.09. The van der Waals surface area contributed by atoms with E-state index in [0.717, 1.165) is 18.5 Å². The summed E-state index contributed by atoms with van der Waals surface area (Å²) >= 11 is 5.25. The number of thiophene rings is 1. The van der Waals surface area contributed by atoms with E-state index in [4.69, 9.17) is 5.73 Å². The Hall–Kier alpha value is -0.710. The molecule has 0 amide bonds. The Bertz CT molecular complexity index is 500. The lowest BCUT2D eigenvalue weighted by atomic mass is 10.1. The van der Waals surface area contributed by atoms with Crippen LogP contribution in [0.5, 0.6) is 0 Å². The second-order valence-electron chi connectivity index (χ2n) is 4.43. The molecule has 4 heteroatoms. The van der Waals surface area contributed by atoms with Gasteiger partial charge in [-0.05, 0) is 52.5 Å². The topological polar surface area (TPSA) is 38.9 Å². The first-order chi connectivity index (χ1) is 8.60. The molecular weight excluding hydrogens is 308 g/mol. The fourth-order valence-corrected chi connectivity index (χ4v) is 3.35. The van der Waals surface area contributed by atoms with E-state index in [0.29, 0.717) is 0 Å². The third kappa shape index (κ3) is 3.19. The fourth-order valence-electron chi connectivity index (χ4n) is 1.78. The quantitative estimate of drug-likeness (QED) is 0.922. The third-order valence-electron chi connectivity index (χ3n) is 2.96. The average Bonchev–Trinajstić information content (AvgIpc) is 2.71. The fraction of sp³-hybridized carbons (Fsp3) is 0.357. The summed E-state index contributed by atoms with van der Waals surface area (Å²) in [7, 11) is 0. The van der Waals surface area contributed by atoms with Crippen LogP contribution in [0.3, 0.4) is 0 Å². The van der Waals surface area contributed by atoms with Gasteiger partial charge < -0.3 is 5.73 Å². The normalized spacial score (nSPS) is 12.7. The molecule has 2 N–H and O–H groups in total. The Morgan fingerprint density at radius 2 is 2.22 bits per heavy atom. The van der Waals surface area contributed by atoms with E-state index in [1.54, 1.807) is 11.3 Å². The van der Waals surface area contributed by atoms with Crippen molar-refractivity contribution in [1.82, 2.24) is 4.98 Å². The molecule has 0 aliphatic heterocycles. The van der Waals surface area contributed by atoms with Crippen LogP contribution in [0.1, 0.15) is 34.7 Å². The van der Waals surface area contributed by atoms with Gasteiger partial charge in [-0.25, -0.2) is 0 Å². The van der Waals surface area contributed by atoms with E-state index < -0.39 is 0 Å². The number of rotatable bonds is 4. The minimum Gasteiger partial charge on any atom is -0.323 e. The number of hydrogen-bond donors (Lipinski definition) is 1. The Morgan fingerprint density at radius 3 is 2.72 bits per heavy atom. The van der Waals surface area contributed by atoms with Gasteiger partial charge >= 0.3 is 0 Å². The van der Waals surface area contributed by atoms with Crippen LogP contribution in [0.2, 0.25) is 0 Å². The van der Waals surface area contributed by atoms with Crippen LogP contribution in [0.15, 0.2) is 28.2 Å². The molecule has 0 radical (unpaired) electrons. The summed E-state index contributed by atoms with van der Waals surface area (Å²) in [6.07, 6.45) is 3.75. The average molecular weight is 325 g/mol. The zero-order valence-electron chi connectivity index (χ0n) is 10.6. The molecule has 0 saturated heterocycles. The number of pyridine rings is 1. The molecule has 0 aliphatic carbocycles. The molecule has 1 atom stereocenters. The molecule has 0 spiro atoms. The number of hydrogen-bond acceptors (Lipinski definition) is 3. The first kappa shape index (κ1) is 13.7. The van der Waals surface area contributed by atoms with Crippen molar-refractivity contribution in [2.45, 2.75) is 32.7 Å². The summed E-state index contributed by atoms with van der Waals surface area (Å²) in [4.78, 5) is 5.67. The van der Waals surface area contributed by atoms with Crippen molar-refractivity contribution >= 4 is 27.3 Å². The Morgan fingerprint density at radius 1 is 1.44 bits per heavy atom. The molecule has 0 aliphatic rings. The van der Waals surface area contributed by atoms with Crippen molar-refractivity contribution in [1.29, 1.82) is 0 Å². The van der Waals surface area contributed by atoms with Crippen LogP contribution in [0, 0.1) is 6.92 Å². The summed E-state index contributed by atoms with van der Waals surface area (Å²) in [5.74, 6) is 0. The van der Waals surface area contributed by atoms with Gasteiger partial charge in [-0.3, -0.25) is 4.98 Å². The van der Waals surface area contributed by atoms with Gasteiger partial charge in [-0.1, -0.05) is 13.0 Å². The van der Waals surface area contributed by atoms with Crippen LogP contribution in [0.4, 0.5) is 0 Å². The zero-order valence-corrected chi connectivity index (χ0v) is 13.0. The molecule has 18 heavy (non-hydrogen) atoms. The van der Waals surface area contributed by atoms with Gasteiger partial charge in [0.2, 0.25) is 0 Å². The predicted molar refractivity (Wildman–Crippen MR) is 81.0 cm³/mol. The summed E-state index contributed by atoms with van der Waals surface area (Å²) in [5, 5.41) is 0. The Labute approximate surface area is 120 Å². The summed E-state index contributed by atoms with van der Waals surface area (Å²) in [6.45, 7) is 4.22. The van der Waals surface area contributed by atoms with Gasteiger partial charge in [0.15, 0.2) is 0 Å². The van der Waals surface area contributed by atoms with Crippen LogP contribution in [-0.4, -0.2) is 4.98 Å². The molecule has 0 saturated carbocycles. The zero-order chi connectivity index (χ0) is 13.1. The molecular formula is C14H17BrN2S. The third-order valence-corrected chi connectivity index (χ3v) is 5.23. The summed E-state index contributed by atoms with van der Waals surface area (Å²) in [6, 6.07) is 6.39. The van der Waals surface area contributed by atoms with E-state index >= 15 is 0 Å². The SMILES string of the molecule is CCc1ccc(CC(N)c2cc(C)c(Br)s2)nc1.